The number of halogens is 1. The molecule has 1 saturated carbocycles. The van der Waals surface area contributed by atoms with E-state index in [1.54, 1.807) is 26.2 Å². The Kier molecular flexibility index (Phi) is 8.46. The van der Waals surface area contributed by atoms with E-state index in [1.165, 1.54) is 24.3 Å². The topological polar surface area (TPSA) is 91.4 Å². The molecule has 1 aliphatic heterocycles. The summed E-state index contributed by atoms with van der Waals surface area (Å²) in [6.07, 6.45) is 8.34. The monoisotopic (exact) mass is 494 g/mol. The lowest BCUT2D eigenvalue weighted by atomic mass is 9.83. The van der Waals surface area contributed by atoms with E-state index in [9.17, 15) is 18.8 Å². The fraction of sp³-hybridized carbons (Fsp3) is 0.500. The van der Waals surface area contributed by atoms with Crippen LogP contribution in [-0.4, -0.2) is 53.2 Å². The Labute approximate surface area is 211 Å². The maximum atomic E-state index is 13.9. The van der Waals surface area contributed by atoms with Crippen LogP contribution in [0.3, 0.4) is 0 Å². The van der Waals surface area contributed by atoms with E-state index in [-0.39, 0.29) is 35.3 Å². The maximum Gasteiger partial charge on any atom is 0.245 e. The molecule has 2 N–H and O–H groups in total. The van der Waals surface area contributed by atoms with Gasteiger partial charge in [0.25, 0.3) is 0 Å². The lowest BCUT2D eigenvalue weighted by Gasteiger charge is -2.35. The van der Waals surface area contributed by atoms with Crippen LogP contribution in [0, 0.1) is 11.7 Å². The number of hydrogen-bond donors (Lipinski definition) is 2. The SMILES string of the molecule is CN[C@@H](C)C(=O)N[C@H](C(=O)N1CCC[C@H]1c1ccnc(C(=O)c2ccc(F)cc2)c1)C1CCCCC1. The van der Waals surface area contributed by atoms with Crippen molar-refractivity contribution < 1.29 is 18.8 Å². The van der Waals surface area contributed by atoms with E-state index < -0.39 is 17.9 Å². The van der Waals surface area contributed by atoms with Crippen LogP contribution in [0.15, 0.2) is 42.6 Å². The number of ketones is 1. The van der Waals surface area contributed by atoms with Gasteiger partial charge in [-0.05, 0) is 87.5 Å². The molecule has 8 heteroatoms. The van der Waals surface area contributed by atoms with Crippen LogP contribution in [0.25, 0.3) is 0 Å². The molecule has 2 heterocycles. The number of nitrogens with one attached hydrogen (secondary N) is 2. The molecule has 0 bridgehead atoms. The number of carbonyl (C=O) groups is 3. The molecule has 0 unspecified atom stereocenters. The first-order valence-corrected chi connectivity index (χ1v) is 12.9. The summed E-state index contributed by atoms with van der Waals surface area (Å²) in [5, 5.41) is 6.00. The second kappa shape index (κ2) is 11.7. The minimum Gasteiger partial charge on any atom is -0.343 e. The van der Waals surface area contributed by atoms with Crippen molar-refractivity contribution in [2.45, 2.75) is 70.0 Å². The molecule has 1 saturated heterocycles. The van der Waals surface area contributed by atoms with Gasteiger partial charge in [-0.1, -0.05) is 19.3 Å². The summed E-state index contributed by atoms with van der Waals surface area (Å²) in [7, 11) is 1.73. The molecule has 2 amide bonds. The number of carbonyl (C=O) groups excluding carboxylic acids is 3. The van der Waals surface area contributed by atoms with E-state index in [2.05, 4.69) is 15.6 Å². The van der Waals surface area contributed by atoms with Crippen molar-refractivity contribution in [2.24, 2.45) is 5.92 Å². The Morgan fingerprint density at radius 3 is 2.44 bits per heavy atom. The summed E-state index contributed by atoms with van der Waals surface area (Å²) in [5.41, 5.74) is 1.47. The number of nitrogens with zero attached hydrogens (tertiary/aromatic N) is 2. The number of rotatable bonds is 8. The molecule has 0 radical (unpaired) electrons. The van der Waals surface area contributed by atoms with Gasteiger partial charge in [0.1, 0.15) is 17.6 Å². The van der Waals surface area contributed by atoms with Gasteiger partial charge in [0.2, 0.25) is 17.6 Å². The van der Waals surface area contributed by atoms with E-state index in [1.807, 2.05) is 11.0 Å². The molecular weight excluding hydrogens is 459 g/mol. The van der Waals surface area contributed by atoms with Gasteiger partial charge < -0.3 is 15.5 Å². The number of benzene rings is 1. The fourth-order valence-electron chi connectivity index (χ4n) is 5.34. The second-order valence-electron chi connectivity index (χ2n) is 9.89. The second-order valence-corrected chi connectivity index (χ2v) is 9.89. The van der Waals surface area contributed by atoms with Crippen molar-refractivity contribution in [1.29, 1.82) is 0 Å². The van der Waals surface area contributed by atoms with E-state index in [0.29, 0.717) is 12.1 Å². The van der Waals surface area contributed by atoms with Gasteiger partial charge in [-0.2, -0.15) is 0 Å². The minimum atomic E-state index is -0.559. The molecule has 2 fully saturated rings. The van der Waals surface area contributed by atoms with Gasteiger partial charge in [-0.25, -0.2) is 4.39 Å². The smallest absolute Gasteiger partial charge is 0.245 e. The highest BCUT2D eigenvalue weighted by molar-refractivity contribution is 6.07. The van der Waals surface area contributed by atoms with Crippen LogP contribution < -0.4 is 10.6 Å². The van der Waals surface area contributed by atoms with E-state index in [4.69, 9.17) is 0 Å². The molecule has 3 atom stereocenters. The zero-order valence-electron chi connectivity index (χ0n) is 21.0. The number of pyridine rings is 1. The predicted molar refractivity (Wildman–Crippen MR) is 135 cm³/mol. The number of likely N-dealkylation sites (N-methyl/N-ethyl adjacent to an activating group) is 1. The Balaban J connectivity index is 1.56. The Morgan fingerprint density at radius 2 is 1.75 bits per heavy atom. The molecule has 2 aliphatic rings. The van der Waals surface area contributed by atoms with Crippen LogP contribution in [-0.2, 0) is 9.59 Å². The molecule has 7 nitrogen and oxygen atoms in total. The molecule has 1 aliphatic carbocycles. The van der Waals surface area contributed by atoms with Gasteiger partial charge >= 0.3 is 0 Å². The Bertz CT molecular complexity index is 1080. The predicted octanol–water partition coefficient (Wildman–Crippen LogP) is 3.79. The van der Waals surface area contributed by atoms with Crippen molar-refractivity contribution in [2.75, 3.05) is 13.6 Å². The van der Waals surface area contributed by atoms with Crippen LogP contribution in [0.1, 0.15) is 79.5 Å². The minimum absolute atomic E-state index is 0.0516. The number of likely N-dealkylation sites (tertiary alicyclic amines) is 1. The summed E-state index contributed by atoms with van der Waals surface area (Å²) in [6.45, 7) is 2.39. The third-order valence-corrected chi connectivity index (χ3v) is 7.56. The summed E-state index contributed by atoms with van der Waals surface area (Å²) < 4.78 is 13.3. The normalized spacial score (nSPS) is 20.1. The molecular formula is C28H35FN4O3. The largest absolute Gasteiger partial charge is 0.343 e. The molecule has 0 spiro atoms. The van der Waals surface area contributed by atoms with Crippen LogP contribution in [0.2, 0.25) is 0 Å². The van der Waals surface area contributed by atoms with Crippen molar-refractivity contribution >= 4 is 17.6 Å². The van der Waals surface area contributed by atoms with E-state index in [0.717, 1.165) is 50.5 Å². The molecule has 1 aromatic heterocycles. The van der Waals surface area contributed by atoms with Gasteiger partial charge in [-0.15, -0.1) is 0 Å². The zero-order chi connectivity index (χ0) is 25.7. The Hall–Kier alpha value is -3.13. The standard InChI is InChI=1S/C28H35FN4O3/c1-18(30-2)27(35)32-25(19-7-4-3-5-8-19)28(36)33-16-6-9-24(33)21-14-15-31-23(17-21)26(34)20-10-12-22(29)13-11-20/h10-15,17-19,24-25,30H,3-9,16H2,1-2H3,(H,32,35)/t18-,24-,25-/m0/s1. The van der Waals surface area contributed by atoms with Gasteiger partial charge in [0.05, 0.1) is 12.1 Å². The molecule has 2 aromatic rings. The summed E-state index contributed by atoms with van der Waals surface area (Å²) >= 11 is 0. The molecule has 192 valence electrons. The van der Waals surface area contributed by atoms with Crippen molar-refractivity contribution in [3.63, 3.8) is 0 Å². The summed E-state index contributed by atoms with van der Waals surface area (Å²) in [4.78, 5) is 45.7. The quantitative estimate of drug-likeness (QED) is 0.545. The zero-order valence-corrected chi connectivity index (χ0v) is 21.0. The molecule has 1 aromatic carbocycles. The highest BCUT2D eigenvalue weighted by atomic mass is 19.1. The highest BCUT2D eigenvalue weighted by Crippen LogP contribution is 2.35. The van der Waals surface area contributed by atoms with Crippen LogP contribution in [0.5, 0.6) is 0 Å². The summed E-state index contributed by atoms with van der Waals surface area (Å²) in [6, 6.07) is 7.84. The fourth-order valence-corrected chi connectivity index (χ4v) is 5.34. The van der Waals surface area contributed by atoms with Gasteiger partial charge in [0.15, 0.2) is 0 Å². The lowest BCUT2D eigenvalue weighted by Crippen LogP contribution is -2.55. The van der Waals surface area contributed by atoms with E-state index >= 15 is 0 Å². The first kappa shape index (κ1) is 25.9. The van der Waals surface area contributed by atoms with Gasteiger partial charge in [-0.3, -0.25) is 19.4 Å². The average Bonchev–Trinajstić information content (AvgIpc) is 3.41. The highest BCUT2D eigenvalue weighted by Gasteiger charge is 2.39. The van der Waals surface area contributed by atoms with Gasteiger partial charge in [0, 0.05) is 18.3 Å². The number of aromatic nitrogens is 1. The number of hydrogen-bond acceptors (Lipinski definition) is 5. The maximum absolute atomic E-state index is 13.9. The van der Waals surface area contributed by atoms with Crippen LogP contribution in [0.4, 0.5) is 4.39 Å². The molecule has 4 rings (SSSR count). The molecule has 36 heavy (non-hydrogen) atoms. The van der Waals surface area contributed by atoms with Crippen molar-refractivity contribution in [3.8, 4) is 0 Å². The van der Waals surface area contributed by atoms with Crippen molar-refractivity contribution in [3.05, 3.63) is 65.2 Å². The first-order chi connectivity index (χ1) is 17.4. The average molecular weight is 495 g/mol. The lowest BCUT2D eigenvalue weighted by molar-refractivity contribution is -0.139. The summed E-state index contributed by atoms with van der Waals surface area (Å²) in [5.74, 6) is -0.802. The number of amides is 2. The third kappa shape index (κ3) is 5.81. The first-order valence-electron chi connectivity index (χ1n) is 12.9. The van der Waals surface area contributed by atoms with Crippen LogP contribution >= 0.6 is 0 Å². The van der Waals surface area contributed by atoms with Crippen molar-refractivity contribution in [1.82, 2.24) is 20.5 Å². The third-order valence-electron chi connectivity index (χ3n) is 7.56. The Morgan fingerprint density at radius 1 is 1.03 bits per heavy atom.